The fourth-order valence-corrected chi connectivity index (χ4v) is 1.36. The highest BCUT2D eigenvalue weighted by Gasteiger charge is 2.11. The maximum absolute atomic E-state index is 11.4. The van der Waals surface area contributed by atoms with Crippen LogP contribution in [0.3, 0.4) is 0 Å². The molecule has 100 valence electrons. The van der Waals surface area contributed by atoms with Gasteiger partial charge in [0.2, 0.25) is 5.91 Å². The van der Waals surface area contributed by atoms with Crippen molar-refractivity contribution in [2.45, 2.75) is 13.0 Å². The number of amides is 1. The van der Waals surface area contributed by atoms with Crippen molar-refractivity contribution in [1.82, 2.24) is 5.32 Å². The van der Waals surface area contributed by atoms with E-state index in [1.165, 1.54) is 12.7 Å². The Morgan fingerprint density at radius 3 is 2.67 bits per heavy atom. The largest absolute Gasteiger partial charge is 0.492 e. The summed E-state index contributed by atoms with van der Waals surface area (Å²) in [5, 5.41) is 2.68. The monoisotopic (exact) mass is 252 g/mol. The topological polar surface area (TPSA) is 73.6 Å². The van der Waals surface area contributed by atoms with Crippen molar-refractivity contribution in [2.24, 2.45) is 5.73 Å². The van der Waals surface area contributed by atoms with E-state index < -0.39 is 6.04 Å². The summed E-state index contributed by atoms with van der Waals surface area (Å²) in [6.07, 6.45) is 0. The van der Waals surface area contributed by atoms with Crippen LogP contribution < -0.4 is 15.8 Å². The maximum Gasteiger partial charge on any atom is 0.239 e. The van der Waals surface area contributed by atoms with E-state index in [1.807, 2.05) is 31.2 Å². The minimum Gasteiger partial charge on any atom is -0.492 e. The standard InChI is InChI=1S/C13H20N2O3/c1-10-3-5-11(6-4-10)18-8-7-15-13(16)12(14)9-17-2/h3-6,12H,7-9,14H2,1-2H3,(H,15,16). The number of nitrogens with two attached hydrogens (primary N) is 1. The van der Waals surface area contributed by atoms with Gasteiger partial charge in [-0.15, -0.1) is 0 Å². The number of benzene rings is 1. The first-order chi connectivity index (χ1) is 8.63. The summed E-state index contributed by atoms with van der Waals surface area (Å²) in [5.41, 5.74) is 6.74. The van der Waals surface area contributed by atoms with E-state index in [4.69, 9.17) is 15.2 Å². The summed E-state index contributed by atoms with van der Waals surface area (Å²) in [4.78, 5) is 11.4. The fourth-order valence-electron chi connectivity index (χ4n) is 1.36. The molecule has 5 heteroatoms. The van der Waals surface area contributed by atoms with Gasteiger partial charge in [0, 0.05) is 7.11 Å². The Balaban J connectivity index is 2.18. The minimum absolute atomic E-state index is 0.213. The van der Waals surface area contributed by atoms with Gasteiger partial charge in [-0.3, -0.25) is 4.79 Å². The van der Waals surface area contributed by atoms with Gasteiger partial charge in [0.25, 0.3) is 0 Å². The van der Waals surface area contributed by atoms with E-state index in [1.54, 1.807) is 0 Å². The predicted octanol–water partition coefficient (Wildman–Crippen LogP) is 0.464. The first-order valence-electron chi connectivity index (χ1n) is 5.85. The summed E-state index contributed by atoms with van der Waals surface area (Å²) >= 11 is 0. The van der Waals surface area contributed by atoms with Gasteiger partial charge in [-0.05, 0) is 19.1 Å². The molecule has 0 aliphatic rings. The van der Waals surface area contributed by atoms with Crippen molar-refractivity contribution in [3.8, 4) is 5.75 Å². The number of carbonyl (C=O) groups is 1. The predicted molar refractivity (Wildman–Crippen MR) is 69.5 cm³/mol. The van der Waals surface area contributed by atoms with Gasteiger partial charge in [0.1, 0.15) is 18.4 Å². The quantitative estimate of drug-likeness (QED) is 0.692. The molecule has 0 aliphatic heterocycles. The second kappa shape index (κ2) is 7.68. The number of rotatable bonds is 7. The molecule has 0 radical (unpaired) electrons. The highest BCUT2D eigenvalue weighted by molar-refractivity contribution is 5.81. The molecule has 0 saturated carbocycles. The molecule has 0 bridgehead atoms. The molecule has 1 amide bonds. The smallest absolute Gasteiger partial charge is 0.239 e. The third-order valence-corrected chi connectivity index (χ3v) is 2.37. The normalized spacial score (nSPS) is 11.9. The Kier molecular flexibility index (Phi) is 6.18. The van der Waals surface area contributed by atoms with Gasteiger partial charge in [-0.2, -0.15) is 0 Å². The van der Waals surface area contributed by atoms with E-state index in [0.717, 1.165) is 5.75 Å². The molecular weight excluding hydrogens is 232 g/mol. The number of carbonyl (C=O) groups excluding carboxylic acids is 1. The third-order valence-electron chi connectivity index (χ3n) is 2.37. The zero-order valence-electron chi connectivity index (χ0n) is 10.8. The number of nitrogens with one attached hydrogen (secondary N) is 1. The van der Waals surface area contributed by atoms with Crippen molar-refractivity contribution in [2.75, 3.05) is 26.9 Å². The van der Waals surface area contributed by atoms with E-state index in [9.17, 15) is 4.79 Å². The van der Waals surface area contributed by atoms with Gasteiger partial charge in [0.05, 0.1) is 13.2 Å². The third kappa shape index (κ3) is 5.16. The van der Waals surface area contributed by atoms with Gasteiger partial charge < -0.3 is 20.5 Å². The van der Waals surface area contributed by atoms with Crippen LogP contribution in [0.15, 0.2) is 24.3 Å². The molecule has 1 atom stereocenters. The van der Waals surface area contributed by atoms with Crippen LogP contribution in [-0.2, 0) is 9.53 Å². The summed E-state index contributed by atoms with van der Waals surface area (Å²) in [6, 6.07) is 7.11. The summed E-state index contributed by atoms with van der Waals surface area (Å²) < 4.78 is 10.3. The van der Waals surface area contributed by atoms with Crippen LogP contribution >= 0.6 is 0 Å². The highest BCUT2D eigenvalue weighted by atomic mass is 16.5. The lowest BCUT2D eigenvalue weighted by atomic mass is 10.2. The first kappa shape index (κ1) is 14.5. The molecule has 0 spiro atoms. The molecule has 18 heavy (non-hydrogen) atoms. The number of ether oxygens (including phenoxy) is 2. The Morgan fingerprint density at radius 1 is 1.39 bits per heavy atom. The van der Waals surface area contributed by atoms with E-state index in [-0.39, 0.29) is 12.5 Å². The van der Waals surface area contributed by atoms with Crippen LogP contribution in [0, 0.1) is 6.92 Å². The molecule has 1 aromatic carbocycles. The molecule has 1 unspecified atom stereocenters. The van der Waals surface area contributed by atoms with Gasteiger partial charge in [-0.25, -0.2) is 0 Å². The molecule has 5 nitrogen and oxygen atoms in total. The Hall–Kier alpha value is -1.59. The molecule has 3 N–H and O–H groups in total. The van der Waals surface area contributed by atoms with Crippen LogP contribution in [0.4, 0.5) is 0 Å². The maximum atomic E-state index is 11.4. The molecule has 0 fully saturated rings. The molecule has 0 aromatic heterocycles. The Labute approximate surface area is 107 Å². The van der Waals surface area contributed by atoms with Crippen LogP contribution in [0.5, 0.6) is 5.75 Å². The summed E-state index contributed by atoms with van der Waals surface area (Å²) in [5.74, 6) is 0.556. The minimum atomic E-state index is -0.630. The second-order valence-corrected chi connectivity index (χ2v) is 4.01. The second-order valence-electron chi connectivity index (χ2n) is 4.01. The molecule has 0 aliphatic carbocycles. The number of aryl methyl sites for hydroxylation is 1. The summed E-state index contributed by atoms with van der Waals surface area (Å²) in [7, 11) is 1.51. The summed E-state index contributed by atoms with van der Waals surface area (Å²) in [6.45, 7) is 3.06. The average Bonchev–Trinajstić information content (AvgIpc) is 2.36. The van der Waals surface area contributed by atoms with Crippen molar-refractivity contribution >= 4 is 5.91 Å². The van der Waals surface area contributed by atoms with Crippen LogP contribution in [0.25, 0.3) is 0 Å². The Bertz CT molecular complexity index is 365. The van der Waals surface area contributed by atoms with Crippen LogP contribution in [0.2, 0.25) is 0 Å². The van der Waals surface area contributed by atoms with Crippen molar-refractivity contribution in [3.63, 3.8) is 0 Å². The molecule has 0 heterocycles. The van der Waals surface area contributed by atoms with E-state index >= 15 is 0 Å². The number of methoxy groups -OCH3 is 1. The van der Waals surface area contributed by atoms with Crippen LogP contribution in [-0.4, -0.2) is 38.8 Å². The number of hydrogen-bond acceptors (Lipinski definition) is 4. The highest BCUT2D eigenvalue weighted by Crippen LogP contribution is 2.10. The lowest BCUT2D eigenvalue weighted by Crippen LogP contribution is -2.44. The average molecular weight is 252 g/mol. The van der Waals surface area contributed by atoms with Gasteiger partial charge >= 0.3 is 0 Å². The lowest BCUT2D eigenvalue weighted by Gasteiger charge is -2.11. The van der Waals surface area contributed by atoms with Crippen molar-refractivity contribution in [3.05, 3.63) is 29.8 Å². The molecule has 0 saturated heterocycles. The van der Waals surface area contributed by atoms with Crippen molar-refractivity contribution in [1.29, 1.82) is 0 Å². The van der Waals surface area contributed by atoms with Crippen LogP contribution in [0.1, 0.15) is 5.56 Å². The lowest BCUT2D eigenvalue weighted by molar-refractivity contribution is -0.123. The zero-order chi connectivity index (χ0) is 13.4. The first-order valence-corrected chi connectivity index (χ1v) is 5.85. The van der Waals surface area contributed by atoms with E-state index in [0.29, 0.717) is 13.2 Å². The molecular formula is C13H20N2O3. The van der Waals surface area contributed by atoms with Gasteiger partial charge in [-0.1, -0.05) is 17.7 Å². The van der Waals surface area contributed by atoms with Crippen molar-refractivity contribution < 1.29 is 14.3 Å². The number of hydrogen-bond donors (Lipinski definition) is 2. The SMILES string of the molecule is COCC(N)C(=O)NCCOc1ccc(C)cc1. The Morgan fingerprint density at radius 2 is 2.06 bits per heavy atom. The zero-order valence-corrected chi connectivity index (χ0v) is 10.8. The molecule has 1 aromatic rings. The van der Waals surface area contributed by atoms with Gasteiger partial charge in [0.15, 0.2) is 0 Å². The fraction of sp³-hybridized carbons (Fsp3) is 0.462. The van der Waals surface area contributed by atoms with E-state index in [2.05, 4.69) is 5.32 Å². The molecule has 1 rings (SSSR count).